The summed E-state index contributed by atoms with van der Waals surface area (Å²) in [4.78, 5) is 25.9. The summed E-state index contributed by atoms with van der Waals surface area (Å²) in [6, 6.07) is 7.48. The van der Waals surface area contributed by atoms with Crippen molar-refractivity contribution in [2.45, 2.75) is 12.5 Å². The Balaban J connectivity index is 1.49. The third-order valence-corrected chi connectivity index (χ3v) is 6.06. The van der Waals surface area contributed by atoms with Gasteiger partial charge in [-0.3, -0.25) is 14.9 Å². The Bertz CT molecular complexity index is 1530. The number of amides is 2. The Morgan fingerprint density at radius 3 is 2.72 bits per heavy atom. The second-order valence-corrected chi connectivity index (χ2v) is 8.33. The lowest BCUT2D eigenvalue weighted by Gasteiger charge is -2.17. The second kappa shape index (κ2) is 8.99. The molecule has 8 nitrogen and oxygen atoms in total. The lowest BCUT2D eigenvalue weighted by molar-refractivity contribution is -0.123. The van der Waals surface area contributed by atoms with E-state index >= 15 is 0 Å². The van der Waals surface area contributed by atoms with E-state index in [1.54, 1.807) is 24.7 Å². The van der Waals surface area contributed by atoms with E-state index in [1.807, 2.05) is 59.3 Å². The van der Waals surface area contributed by atoms with Gasteiger partial charge in [0.2, 0.25) is 0 Å². The minimum atomic E-state index is -0.431. The standard InChI is InChI=1S/C28H21N3O5/c32-27-20-15-18-5-1-3-7-22(18)29-9-11-34-13-14-36-25-16-24(25)35-12-10-31-17-21(26(20)28(33)30-27)19-6-2-4-8-23(19)31/h1-15,17,22,29H,16H2,(H,30,32,33)/b11-9-,12-10+,14-13+,18-15+. The number of imide groups is 1. The van der Waals surface area contributed by atoms with Crippen molar-refractivity contribution >= 4 is 34.5 Å². The van der Waals surface area contributed by atoms with Crippen LogP contribution in [0.5, 0.6) is 0 Å². The highest BCUT2D eigenvalue weighted by Gasteiger charge is 2.32. The Morgan fingerprint density at radius 2 is 1.81 bits per heavy atom. The van der Waals surface area contributed by atoms with Gasteiger partial charge in [-0.15, -0.1) is 0 Å². The van der Waals surface area contributed by atoms with Gasteiger partial charge in [-0.2, -0.15) is 0 Å². The van der Waals surface area contributed by atoms with Gasteiger partial charge in [-0.1, -0.05) is 42.5 Å². The predicted octanol–water partition coefficient (Wildman–Crippen LogP) is 4.11. The number of nitrogens with zero attached hydrogens (tertiary/aromatic N) is 1. The van der Waals surface area contributed by atoms with Crippen molar-refractivity contribution in [1.82, 2.24) is 15.2 Å². The second-order valence-electron chi connectivity index (χ2n) is 8.33. The molecular weight excluding hydrogens is 458 g/mol. The first-order valence-electron chi connectivity index (χ1n) is 11.4. The van der Waals surface area contributed by atoms with Crippen LogP contribution < -0.4 is 10.6 Å². The first kappa shape index (κ1) is 21.5. The van der Waals surface area contributed by atoms with Crippen molar-refractivity contribution in [2.75, 3.05) is 0 Å². The Kier molecular flexibility index (Phi) is 5.38. The van der Waals surface area contributed by atoms with E-state index in [2.05, 4.69) is 10.6 Å². The molecule has 0 saturated carbocycles. The highest BCUT2D eigenvalue weighted by molar-refractivity contribution is 6.38. The van der Waals surface area contributed by atoms with Gasteiger partial charge >= 0.3 is 0 Å². The molecule has 2 aliphatic carbocycles. The van der Waals surface area contributed by atoms with E-state index in [1.165, 1.54) is 18.8 Å². The largest absolute Gasteiger partial charge is 0.468 e. The van der Waals surface area contributed by atoms with Crippen LogP contribution >= 0.6 is 0 Å². The maximum absolute atomic E-state index is 13.0. The van der Waals surface area contributed by atoms with Crippen LogP contribution in [0.2, 0.25) is 0 Å². The molecule has 2 amide bonds. The molecule has 2 aromatic rings. The lowest BCUT2D eigenvalue weighted by atomic mass is 9.95. The zero-order valence-electron chi connectivity index (χ0n) is 19.0. The number of hydrogen-bond donors (Lipinski definition) is 2. The van der Waals surface area contributed by atoms with Crippen LogP contribution in [0.4, 0.5) is 0 Å². The van der Waals surface area contributed by atoms with Gasteiger partial charge in [0.1, 0.15) is 36.6 Å². The molecule has 4 aliphatic rings. The summed E-state index contributed by atoms with van der Waals surface area (Å²) in [5.41, 5.74) is 2.99. The molecule has 0 radical (unpaired) electrons. The number of hydrogen-bond acceptors (Lipinski definition) is 6. The average molecular weight is 479 g/mol. The number of nitrogens with one attached hydrogen (secondary N) is 2. The van der Waals surface area contributed by atoms with E-state index in [0.717, 1.165) is 28.0 Å². The molecule has 1 unspecified atom stereocenters. The van der Waals surface area contributed by atoms with Crippen molar-refractivity contribution in [1.29, 1.82) is 0 Å². The molecule has 0 fully saturated rings. The van der Waals surface area contributed by atoms with E-state index in [-0.39, 0.29) is 6.04 Å². The fourth-order valence-corrected chi connectivity index (χ4v) is 4.28. The fraction of sp³-hybridized carbons (Fsp3) is 0.0714. The first-order valence-corrected chi connectivity index (χ1v) is 11.4. The number of rotatable bonds is 0. The van der Waals surface area contributed by atoms with Crippen LogP contribution in [-0.2, 0) is 23.8 Å². The van der Waals surface area contributed by atoms with Crippen molar-refractivity contribution in [3.63, 3.8) is 0 Å². The summed E-state index contributed by atoms with van der Waals surface area (Å²) >= 11 is 0. The van der Waals surface area contributed by atoms with Crippen LogP contribution in [0.3, 0.4) is 0 Å². The molecule has 0 saturated heterocycles. The molecule has 2 bridgehead atoms. The predicted molar refractivity (Wildman–Crippen MR) is 134 cm³/mol. The molecule has 2 aliphatic heterocycles. The molecule has 6 rings (SSSR count). The highest BCUT2D eigenvalue weighted by atomic mass is 16.5. The number of ether oxygens (including phenoxy) is 3. The minimum absolute atomic E-state index is 0.224. The number of carbonyl (C=O) groups excluding carboxylic acids is 2. The summed E-state index contributed by atoms with van der Waals surface area (Å²) < 4.78 is 18.4. The molecule has 3 heterocycles. The van der Waals surface area contributed by atoms with Crippen LogP contribution in [0.1, 0.15) is 12.0 Å². The Hall–Kier alpha value is -4.98. The molecule has 36 heavy (non-hydrogen) atoms. The van der Waals surface area contributed by atoms with Crippen molar-refractivity contribution in [3.8, 4) is 0 Å². The van der Waals surface area contributed by atoms with Gasteiger partial charge in [-0.25, -0.2) is 0 Å². The third-order valence-electron chi connectivity index (χ3n) is 6.06. The number of aromatic nitrogens is 1. The van der Waals surface area contributed by atoms with Crippen LogP contribution in [-0.4, -0.2) is 22.4 Å². The summed E-state index contributed by atoms with van der Waals surface area (Å²) in [5.74, 6) is 0.583. The van der Waals surface area contributed by atoms with Crippen molar-refractivity contribution < 1.29 is 23.8 Å². The summed E-state index contributed by atoms with van der Waals surface area (Å²) in [6.07, 6.45) is 21.2. The number of allylic oxidation sites excluding steroid dienone is 4. The highest BCUT2D eigenvalue weighted by Crippen LogP contribution is 2.35. The van der Waals surface area contributed by atoms with Gasteiger partial charge < -0.3 is 24.1 Å². The van der Waals surface area contributed by atoms with Crippen LogP contribution in [0.25, 0.3) is 22.7 Å². The summed E-state index contributed by atoms with van der Waals surface area (Å²) in [7, 11) is 0. The molecule has 0 spiro atoms. The molecule has 178 valence electrons. The molecular formula is C28H21N3O5. The van der Waals surface area contributed by atoms with Crippen LogP contribution in [0.15, 0.2) is 115 Å². The van der Waals surface area contributed by atoms with Gasteiger partial charge in [0, 0.05) is 29.5 Å². The first-order chi connectivity index (χ1) is 17.7. The molecule has 1 aromatic carbocycles. The lowest BCUT2D eigenvalue weighted by Crippen LogP contribution is -2.25. The normalized spacial score (nSPS) is 25.1. The van der Waals surface area contributed by atoms with E-state index in [0.29, 0.717) is 23.1 Å². The number of benzene rings is 1. The molecule has 2 N–H and O–H groups in total. The SMILES string of the molecule is O=C1NC(=O)C2=C1/C=C1\C=CC=CC1N/C=C\O/C=C/OC1=C(C1)O/C=C/n1cc2c2ccccc21. The zero-order chi connectivity index (χ0) is 24.5. The van der Waals surface area contributed by atoms with Gasteiger partial charge in [0.15, 0.2) is 0 Å². The number of para-hydroxylation sites is 1. The molecule has 1 atom stereocenters. The summed E-state index contributed by atoms with van der Waals surface area (Å²) in [5, 5.41) is 6.53. The monoisotopic (exact) mass is 479 g/mol. The summed E-state index contributed by atoms with van der Waals surface area (Å²) in [6.45, 7) is 0. The average Bonchev–Trinajstić information content (AvgIpc) is 3.44. The quantitative estimate of drug-likeness (QED) is 0.553. The van der Waals surface area contributed by atoms with Crippen molar-refractivity contribution in [3.05, 3.63) is 120 Å². The maximum atomic E-state index is 13.0. The Morgan fingerprint density at radius 1 is 0.944 bits per heavy atom. The number of carbonyl (C=O) groups is 2. The van der Waals surface area contributed by atoms with Gasteiger partial charge in [0.25, 0.3) is 11.8 Å². The third kappa shape index (κ3) is 4.05. The van der Waals surface area contributed by atoms with E-state index in [4.69, 9.17) is 14.2 Å². The zero-order valence-corrected chi connectivity index (χ0v) is 19.0. The van der Waals surface area contributed by atoms with E-state index < -0.39 is 11.8 Å². The van der Waals surface area contributed by atoms with E-state index in [9.17, 15) is 9.59 Å². The molecule has 8 heteroatoms. The molecule has 1 aromatic heterocycles. The van der Waals surface area contributed by atoms with Crippen molar-refractivity contribution in [2.24, 2.45) is 0 Å². The smallest absolute Gasteiger partial charge is 0.259 e. The van der Waals surface area contributed by atoms with Crippen LogP contribution in [0, 0.1) is 0 Å². The minimum Gasteiger partial charge on any atom is -0.468 e. The topological polar surface area (TPSA) is 90.8 Å². The fourth-order valence-electron chi connectivity index (χ4n) is 4.28. The van der Waals surface area contributed by atoms with Gasteiger partial charge in [-0.05, 0) is 17.7 Å². The van der Waals surface area contributed by atoms with Gasteiger partial charge in [0.05, 0.1) is 29.1 Å². The maximum Gasteiger partial charge on any atom is 0.259 e. The number of fused-ring (bicyclic) bond motifs is 7. The Labute approximate surface area is 206 Å².